The van der Waals surface area contributed by atoms with E-state index in [2.05, 4.69) is 31.5 Å². The smallest absolute Gasteiger partial charge is 0.258 e. The molecule has 0 radical (unpaired) electrons. The number of aromatic nitrogens is 1. The van der Waals surface area contributed by atoms with Crippen molar-refractivity contribution in [2.45, 2.75) is 6.54 Å². The van der Waals surface area contributed by atoms with Gasteiger partial charge in [-0.1, -0.05) is 29.8 Å². The Hall–Kier alpha value is -3.10. The average Bonchev–Trinajstić information content (AvgIpc) is 3.22. The first-order valence-electron chi connectivity index (χ1n) is 8.89. The molecule has 0 saturated heterocycles. The molecule has 2 amide bonds. The third-order valence-electron chi connectivity index (χ3n) is 4.36. The fourth-order valence-corrected chi connectivity index (χ4v) is 3.41. The van der Waals surface area contributed by atoms with Gasteiger partial charge in [-0.2, -0.15) is 0 Å². The predicted octanol–water partition coefficient (Wildman–Crippen LogP) is 4.41. The van der Waals surface area contributed by atoms with Crippen molar-refractivity contribution in [3.05, 3.63) is 81.0 Å². The number of halogens is 2. The van der Waals surface area contributed by atoms with Crippen LogP contribution in [-0.2, 0) is 6.54 Å². The number of para-hydroxylation sites is 1. The molecular weight excluding hydrogens is 474 g/mol. The maximum Gasteiger partial charge on any atom is 0.258 e. The molecule has 30 heavy (non-hydrogen) atoms. The minimum atomic E-state index is -0.468. The van der Waals surface area contributed by atoms with Crippen LogP contribution in [0.15, 0.2) is 59.2 Å². The van der Waals surface area contributed by atoms with Crippen molar-refractivity contribution in [2.24, 2.45) is 0 Å². The van der Waals surface area contributed by atoms with E-state index in [4.69, 9.17) is 21.1 Å². The van der Waals surface area contributed by atoms with Crippen LogP contribution in [0.4, 0.5) is 5.69 Å². The topological polar surface area (TPSA) is 89.5 Å². The van der Waals surface area contributed by atoms with Gasteiger partial charge in [0.05, 0.1) is 16.8 Å². The van der Waals surface area contributed by atoms with E-state index in [9.17, 15) is 9.59 Å². The van der Waals surface area contributed by atoms with Crippen LogP contribution in [0.1, 0.15) is 26.3 Å². The molecule has 0 atom stereocenters. The highest BCUT2D eigenvalue weighted by molar-refractivity contribution is 9.10. The number of carbonyl (C=O) groups excluding carboxylic acids is 2. The van der Waals surface area contributed by atoms with Gasteiger partial charge in [-0.25, -0.2) is 4.98 Å². The summed E-state index contributed by atoms with van der Waals surface area (Å²) >= 11 is 9.29. The molecule has 1 aliphatic heterocycles. The molecule has 0 bridgehead atoms. The molecule has 0 fully saturated rings. The summed E-state index contributed by atoms with van der Waals surface area (Å²) in [6.07, 6.45) is 1.50. The Labute approximate surface area is 185 Å². The molecule has 1 aliphatic rings. The summed E-state index contributed by atoms with van der Waals surface area (Å²) in [4.78, 5) is 29.3. The summed E-state index contributed by atoms with van der Waals surface area (Å²) in [6.45, 7) is 0.481. The van der Waals surface area contributed by atoms with Crippen molar-refractivity contribution in [3.8, 4) is 11.5 Å². The van der Waals surface area contributed by atoms with E-state index in [-0.39, 0.29) is 23.4 Å². The average molecular weight is 489 g/mol. The lowest BCUT2D eigenvalue weighted by atomic mass is 10.1. The van der Waals surface area contributed by atoms with E-state index >= 15 is 0 Å². The minimum absolute atomic E-state index is 0.0699. The Morgan fingerprint density at radius 1 is 1.03 bits per heavy atom. The number of amides is 2. The van der Waals surface area contributed by atoms with E-state index in [0.29, 0.717) is 33.8 Å². The van der Waals surface area contributed by atoms with Crippen LogP contribution in [0, 0.1) is 0 Å². The summed E-state index contributed by atoms with van der Waals surface area (Å²) in [5.41, 5.74) is 1.75. The number of pyridine rings is 1. The van der Waals surface area contributed by atoms with E-state index in [0.717, 1.165) is 5.56 Å². The van der Waals surface area contributed by atoms with Gasteiger partial charge < -0.3 is 20.1 Å². The van der Waals surface area contributed by atoms with Crippen LogP contribution in [0.25, 0.3) is 0 Å². The molecular formula is C21H15BrClN3O4. The van der Waals surface area contributed by atoms with Crippen LogP contribution in [0.3, 0.4) is 0 Å². The zero-order chi connectivity index (χ0) is 21.1. The third kappa shape index (κ3) is 4.39. The lowest BCUT2D eigenvalue weighted by Crippen LogP contribution is -2.25. The van der Waals surface area contributed by atoms with Crippen LogP contribution >= 0.6 is 27.5 Å². The third-order valence-corrected chi connectivity index (χ3v) is 5.10. The Bertz CT molecular complexity index is 1140. The zero-order valence-corrected chi connectivity index (χ0v) is 17.8. The number of hydrogen-bond donors (Lipinski definition) is 2. The van der Waals surface area contributed by atoms with Gasteiger partial charge in [0.25, 0.3) is 11.8 Å². The second-order valence-electron chi connectivity index (χ2n) is 6.36. The lowest BCUT2D eigenvalue weighted by Gasteiger charge is -2.12. The number of rotatable bonds is 5. The fraction of sp³-hybridized carbons (Fsp3) is 0.0952. The molecule has 2 aromatic carbocycles. The standard InChI is InChI=1S/C21H15BrClN3O4/c22-13-8-15(19(23)24-10-13)21(28)26-16-4-2-1-3-14(16)20(27)25-9-12-5-6-17-18(7-12)30-11-29-17/h1-8,10H,9,11H2,(H,25,27)(H,26,28). The van der Waals surface area contributed by atoms with Crippen molar-refractivity contribution in [1.29, 1.82) is 0 Å². The molecule has 0 spiro atoms. The number of fused-ring (bicyclic) bond motifs is 1. The van der Waals surface area contributed by atoms with E-state index in [1.54, 1.807) is 36.4 Å². The molecule has 3 aromatic rings. The summed E-state index contributed by atoms with van der Waals surface area (Å²) in [7, 11) is 0. The van der Waals surface area contributed by atoms with Crippen LogP contribution < -0.4 is 20.1 Å². The number of anilines is 1. The Morgan fingerprint density at radius 3 is 2.70 bits per heavy atom. The first-order valence-corrected chi connectivity index (χ1v) is 10.1. The summed E-state index contributed by atoms with van der Waals surface area (Å²) in [5, 5.41) is 5.64. The van der Waals surface area contributed by atoms with Crippen molar-refractivity contribution in [1.82, 2.24) is 10.3 Å². The number of ether oxygens (including phenoxy) is 2. The first-order chi connectivity index (χ1) is 14.5. The Kier molecular flexibility index (Phi) is 5.87. The Morgan fingerprint density at radius 2 is 1.83 bits per heavy atom. The van der Waals surface area contributed by atoms with Gasteiger partial charge in [0.15, 0.2) is 11.5 Å². The summed E-state index contributed by atoms with van der Waals surface area (Å²) in [5.74, 6) is 0.527. The van der Waals surface area contributed by atoms with Crippen LogP contribution in [0.5, 0.6) is 11.5 Å². The molecule has 0 unspecified atom stereocenters. The normalized spacial score (nSPS) is 11.8. The molecule has 4 rings (SSSR count). The summed E-state index contributed by atoms with van der Waals surface area (Å²) < 4.78 is 11.3. The number of carbonyl (C=O) groups is 2. The summed E-state index contributed by atoms with van der Waals surface area (Å²) in [6, 6.07) is 13.8. The van der Waals surface area contributed by atoms with Gasteiger partial charge in [0.2, 0.25) is 6.79 Å². The van der Waals surface area contributed by atoms with Gasteiger partial charge in [-0.05, 0) is 51.8 Å². The van der Waals surface area contributed by atoms with E-state index in [1.807, 2.05) is 12.1 Å². The lowest BCUT2D eigenvalue weighted by molar-refractivity contribution is 0.0951. The second kappa shape index (κ2) is 8.73. The van der Waals surface area contributed by atoms with Crippen molar-refractivity contribution >= 4 is 45.0 Å². The number of hydrogen-bond acceptors (Lipinski definition) is 5. The molecule has 9 heteroatoms. The van der Waals surface area contributed by atoms with Gasteiger partial charge in [-0.15, -0.1) is 0 Å². The SMILES string of the molecule is O=C(NCc1ccc2c(c1)OCO2)c1ccccc1NC(=O)c1cc(Br)cnc1Cl. The number of benzene rings is 2. The molecule has 2 N–H and O–H groups in total. The number of nitrogens with one attached hydrogen (secondary N) is 2. The van der Waals surface area contributed by atoms with Crippen molar-refractivity contribution in [3.63, 3.8) is 0 Å². The highest BCUT2D eigenvalue weighted by atomic mass is 79.9. The van der Waals surface area contributed by atoms with Crippen molar-refractivity contribution in [2.75, 3.05) is 12.1 Å². The molecule has 152 valence electrons. The molecule has 0 aliphatic carbocycles. The molecule has 0 saturated carbocycles. The molecule has 1 aromatic heterocycles. The Balaban J connectivity index is 1.47. The maximum atomic E-state index is 12.7. The van der Waals surface area contributed by atoms with Crippen LogP contribution in [-0.4, -0.2) is 23.6 Å². The maximum absolute atomic E-state index is 12.7. The largest absolute Gasteiger partial charge is 0.454 e. The number of nitrogens with zero attached hydrogens (tertiary/aromatic N) is 1. The predicted molar refractivity (Wildman–Crippen MR) is 115 cm³/mol. The molecule has 7 nitrogen and oxygen atoms in total. The van der Waals surface area contributed by atoms with E-state index < -0.39 is 5.91 Å². The highest BCUT2D eigenvalue weighted by Gasteiger charge is 2.18. The van der Waals surface area contributed by atoms with Gasteiger partial charge in [0.1, 0.15) is 5.15 Å². The quantitative estimate of drug-likeness (QED) is 0.519. The van der Waals surface area contributed by atoms with E-state index in [1.165, 1.54) is 6.20 Å². The van der Waals surface area contributed by atoms with Crippen LogP contribution in [0.2, 0.25) is 5.15 Å². The second-order valence-corrected chi connectivity index (χ2v) is 7.64. The fourth-order valence-electron chi connectivity index (χ4n) is 2.89. The first kappa shape index (κ1) is 20.2. The van der Waals surface area contributed by atoms with Gasteiger partial charge in [0, 0.05) is 17.2 Å². The minimum Gasteiger partial charge on any atom is -0.454 e. The highest BCUT2D eigenvalue weighted by Crippen LogP contribution is 2.32. The monoisotopic (exact) mass is 487 g/mol. The van der Waals surface area contributed by atoms with Gasteiger partial charge in [-0.3, -0.25) is 9.59 Å². The van der Waals surface area contributed by atoms with Crippen molar-refractivity contribution < 1.29 is 19.1 Å². The molecule has 2 heterocycles. The van der Waals surface area contributed by atoms with Gasteiger partial charge >= 0.3 is 0 Å². The zero-order valence-electron chi connectivity index (χ0n) is 15.4.